The van der Waals surface area contributed by atoms with Gasteiger partial charge in [0.25, 0.3) is 5.91 Å². The van der Waals surface area contributed by atoms with E-state index in [1.807, 2.05) is 19.1 Å². The Labute approximate surface area is 183 Å². The number of amides is 2. The monoisotopic (exact) mass is 440 g/mol. The molecule has 0 spiro atoms. The number of halogens is 2. The minimum atomic E-state index is -0.462. The first-order chi connectivity index (χ1) is 14.5. The van der Waals surface area contributed by atoms with Crippen LogP contribution in [0.2, 0.25) is 5.02 Å². The molecule has 1 atom stereocenters. The predicted octanol–water partition coefficient (Wildman–Crippen LogP) is 5.82. The molecule has 4 nitrogen and oxygen atoms in total. The third kappa shape index (κ3) is 3.93. The molecule has 1 fully saturated rings. The fourth-order valence-electron chi connectivity index (χ4n) is 3.38. The zero-order valence-corrected chi connectivity index (χ0v) is 17.6. The second-order valence-electron chi connectivity index (χ2n) is 6.90. The molecule has 0 aromatic heterocycles. The third-order valence-corrected chi connectivity index (χ3v) is 6.35. The van der Waals surface area contributed by atoms with Crippen LogP contribution in [0.1, 0.15) is 26.9 Å². The van der Waals surface area contributed by atoms with Gasteiger partial charge in [0.1, 0.15) is 11.2 Å². The first-order valence-corrected chi connectivity index (χ1v) is 10.7. The van der Waals surface area contributed by atoms with Gasteiger partial charge in [0.05, 0.1) is 22.0 Å². The number of rotatable bonds is 4. The van der Waals surface area contributed by atoms with E-state index in [1.165, 1.54) is 22.7 Å². The van der Waals surface area contributed by atoms with Gasteiger partial charge in [0.2, 0.25) is 5.91 Å². The number of hydrogen-bond acceptors (Lipinski definition) is 3. The van der Waals surface area contributed by atoms with Crippen molar-refractivity contribution < 1.29 is 14.0 Å². The Hall–Kier alpha value is -2.83. The Bertz CT molecular complexity index is 1140. The van der Waals surface area contributed by atoms with E-state index in [-0.39, 0.29) is 23.3 Å². The van der Waals surface area contributed by atoms with Crippen molar-refractivity contribution in [2.24, 2.45) is 0 Å². The van der Waals surface area contributed by atoms with Crippen molar-refractivity contribution in [1.29, 1.82) is 0 Å². The predicted molar refractivity (Wildman–Crippen MR) is 120 cm³/mol. The van der Waals surface area contributed by atoms with Gasteiger partial charge in [-0.2, -0.15) is 0 Å². The number of nitrogens with one attached hydrogen (secondary N) is 1. The molecule has 0 radical (unpaired) electrons. The van der Waals surface area contributed by atoms with Gasteiger partial charge in [0.15, 0.2) is 0 Å². The number of benzene rings is 3. The lowest BCUT2D eigenvalue weighted by Gasteiger charge is -2.26. The van der Waals surface area contributed by atoms with Gasteiger partial charge in [-0.25, -0.2) is 4.39 Å². The molecular formula is C23H18ClFN2O2S. The molecule has 1 heterocycles. The van der Waals surface area contributed by atoms with Crippen molar-refractivity contribution >= 4 is 46.6 Å². The molecule has 7 heteroatoms. The lowest BCUT2D eigenvalue weighted by molar-refractivity contribution is -0.115. The number of nitrogens with zero attached hydrogens (tertiary/aromatic N) is 1. The van der Waals surface area contributed by atoms with Crippen molar-refractivity contribution in [1.82, 2.24) is 0 Å². The molecule has 0 bridgehead atoms. The van der Waals surface area contributed by atoms with E-state index in [4.69, 9.17) is 11.6 Å². The highest BCUT2D eigenvalue weighted by molar-refractivity contribution is 8.00. The van der Waals surface area contributed by atoms with Gasteiger partial charge in [-0.1, -0.05) is 48.0 Å². The molecule has 3 aromatic carbocycles. The summed E-state index contributed by atoms with van der Waals surface area (Å²) in [6.45, 7) is 1.85. The van der Waals surface area contributed by atoms with Crippen LogP contribution in [-0.4, -0.2) is 17.6 Å². The van der Waals surface area contributed by atoms with Gasteiger partial charge in [-0.3, -0.25) is 14.5 Å². The molecule has 1 N–H and O–H groups in total. The summed E-state index contributed by atoms with van der Waals surface area (Å²) in [5.41, 5.74) is 2.71. The second kappa shape index (κ2) is 8.50. The second-order valence-corrected chi connectivity index (χ2v) is 8.38. The highest BCUT2D eigenvalue weighted by atomic mass is 35.5. The standard InChI is InChI=1S/C23H18ClFN2O2S/c1-14-10-11-18(25)20(12-14)27-21(28)13-30-23(27)16-7-3-5-9-19(16)26-22(29)15-6-2-4-8-17(15)24/h2-12,23H,13H2,1H3,(H,26,29). The van der Waals surface area contributed by atoms with Crippen molar-refractivity contribution in [2.45, 2.75) is 12.3 Å². The number of anilines is 2. The summed E-state index contributed by atoms with van der Waals surface area (Å²) in [4.78, 5) is 26.9. The number of para-hydroxylation sites is 1. The van der Waals surface area contributed by atoms with E-state index in [9.17, 15) is 14.0 Å². The molecule has 0 aliphatic carbocycles. The number of carbonyl (C=O) groups is 2. The number of aryl methyl sites for hydroxylation is 1. The molecule has 1 saturated heterocycles. The molecule has 1 unspecified atom stereocenters. The van der Waals surface area contributed by atoms with Crippen LogP contribution in [0.25, 0.3) is 0 Å². The van der Waals surface area contributed by atoms with Crippen molar-refractivity contribution in [3.8, 4) is 0 Å². The quantitative estimate of drug-likeness (QED) is 0.556. The molecule has 1 aliphatic heterocycles. The van der Waals surface area contributed by atoms with Gasteiger partial charge in [-0.15, -0.1) is 11.8 Å². The first-order valence-electron chi connectivity index (χ1n) is 9.30. The summed E-state index contributed by atoms with van der Waals surface area (Å²) in [7, 11) is 0. The molecule has 4 rings (SSSR count). The maximum Gasteiger partial charge on any atom is 0.257 e. The van der Waals surface area contributed by atoms with E-state index < -0.39 is 11.2 Å². The van der Waals surface area contributed by atoms with E-state index in [2.05, 4.69) is 5.32 Å². The summed E-state index contributed by atoms with van der Waals surface area (Å²) in [6.07, 6.45) is 0. The van der Waals surface area contributed by atoms with Crippen molar-refractivity contribution in [2.75, 3.05) is 16.0 Å². The molecule has 152 valence electrons. The lowest BCUT2D eigenvalue weighted by atomic mass is 10.1. The minimum absolute atomic E-state index is 0.179. The van der Waals surface area contributed by atoms with Gasteiger partial charge < -0.3 is 5.32 Å². The Morgan fingerprint density at radius 1 is 1.13 bits per heavy atom. The van der Waals surface area contributed by atoms with Crippen LogP contribution in [0.15, 0.2) is 66.7 Å². The topological polar surface area (TPSA) is 49.4 Å². The fraction of sp³-hybridized carbons (Fsp3) is 0.130. The van der Waals surface area contributed by atoms with Crippen LogP contribution < -0.4 is 10.2 Å². The minimum Gasteiger partial charge on any atom is -0.322 e. The Morgan fingerprint density at radius 2 is 1.87 bits per heavy atom. The molecule has 2 amide bonds. The maximum absolute atomic E-state index is 14.6. The molecule has 1 aliphatic rings. The largest absolute Gasteiger partial charge is 0.322 e. The van der Waals surface area contributed by atoms with Crippen LogP contribution in [0, 0.1) is 12.7 Å². The SMILES string of the molecule is Cc1ccc(F)c(N2C(=O)CSC2c2ccccc2NC(=O)c2ccccc2Cl)c1. The molecule has 0 saturated carbocycles. The van der Waals surface area contributed by atoms with Gasteiger partial charge in [0, 0.05) is 11.3 Å². The van der Waals surface area contributed by atoms with Crippen LogP contribution in [0.4, 0.5) is 15.8 Å². The summed E-state index contributed by atoms with van der Waals surface area (Å²) < 4.78 is 14.6. The molecule has 30 heavy (non-hydrogen) atoms. The van der Waals surface area contributed by atoms with E-state index in [0.29, 0.717) is 16.3 Å². The number of carbonyl (C=O) groups excluding carboxylic acids is 2. The Morgan fingerprint density at radius 3 is 2.67 bits per heavy atom. The summed E-state index contributed by atoms with van der Waals surface area (Å²) in [6, 6.07) is 18.7. The average Bonchev–Trinajstić information content (AvgIpc) is 3.11. The van der Waals surface area contributed by atoms with Crippen LogP contribution in [0.3, 0.4) is 0 Å². The first kappa shape index (κ1) is 20.4. The molecule has 3 aromatic rings. The third-order valence-electron chi connectivity index (χ3n) is 4.82. The maximum atomic E-state index is 14.6. The van der Waals surface area contributed by atoms with E-state index in [1.54, 1.807) is 48.5 Å². The average molecular weight is 441 g/mol. The fourth-order valence-corrected chi connectivity index (χ4v) is 4.81. The van der Waals surface area contributed by atoms with Crippen LogP contribution in [0.5, 0.6) is 0 Å². The zero-order chi connectivity index (χ0) is 21.3. The highest BCUT2D eigenvalue weighted by Crippen LogP contribution is 2.45. The van der Waals surface area contributed by atoms with Crippen LogP contribution in [-0.2, 0) is 4.79 Å². The Kier molecular flexibility index (Phi) is 5.79. The van der Waals surface area contributed by atoms with Crippen LogP contribution >= 0.6 is 23.4 Å². The molecular weight excluding hydrogens is 423 g/mol. The number of hydrogen-bond donors (Lipinski definition) is 1. The van der Waals surface area contributed by atoms with E-state index >= 15 is 0 Å². The van der Waals surface area contributed by atoms with Crippen molar-refractivity contribution in [3.63, 3.8) is 0 Å². The summed E-state index contributed by atoms with van der Waals surface area (Å²) in [5.74, 6) is -0.762. The summed E-state index contributed by atoms with van der Waals surface area (Å²) >= 11 is 7.54. The number of thioether (sulfide) groups is 1. The highest BCUT2D eigenvalue weighted by Gasteiger charge is 2.37. The summed E-state index contributed by atoms with van der Waals surface area (Å²) in [5, 5.41) is 2.78. The normalized spacial score (nSPS) is 16.0. The zero-order valence-electron chi connectivity index (χ0n) is 16.1. The van der Waals surface area contributed by atoms with Gasteiger partial charge >= 0.3 is 0 Å². The lowest BCUT2D eigenvalue weighted by Crippen LogP contribution is -2.29. The smallest absolute Gasteiger partial charge is 0.257 e. The van der Waals surface area contributed by atoms with Gasteiger partial charge in [-0.05, 0) is 42.8 Å². The Balaban J connectivity index is 1.71. The van der Waals surface area contributed by atoms with E-state index in [0.717, 1.165) is 11.1 Å². The van der Waals surface area contributed by atoms with Crippen molar-refractivity contribution in [3.05, 3.63) is 94.3 Å².